The lowest BCUT2D eigenvalue weighted by atomic mass is 10.00. The van der Waals surface area contributed by atoms with Gasteiger partial charge in [0.2, 0.25) is 0 Å². The second-order valence-corrected chi connectivity index (χ2v) is 8.80. The lowest BCUT2D eigenvalue weighted by Gasteiger charge is -2.18. The van der Waals surface area contributed by atoms with Crippen LogP contribution in [0.4, 0.5) is 0 Å². The third-order valence-corrected chi connectivity index (χ3v) is 5.77. The van der Waals surface area contributed by atoms with E-state index in [1.54, 1.807) is 20.8 Å². The number of hydrogen-bond acceptors (Lipinski definition) is 4. The van der Waals surface area contributed by atoms with Crippen molar-refractivity contribution in [1.29, 1.82) is 0 Å². The molecule has 0 saturated carbocycles. The molecule has 0 spiro atoms. The number of nitrogens with two attached hydrogens (primary N) is 1. The second kappa shape index (κ2) is 7.24. The van der Waals surface area contributed by atoms with E-state index in [1.165, 1.54) is 0 Å². The molecule has 0 bridgehead atoms. The van der Waals surface area contributed by atoms with Gasteiger partial charge in [0.15, 0.2) is 9.84 Å². The van der Waals surface area contributed by atoms with Crippen molar-refractivity contribution in [2.45, 2.75) is 58.1 Å². The van der Waals surface area contributed by atoms with Crippen molar-refractivity contribution in [1.82, 2.24) is 0 Å². The van der Waals surface area contributed by atoms with Crippen LogP contribution >= 0.6 is 0 Å². The Kier molecular flexibility index (Phi) is 7.07. The molecule has 0 aromatic heterocycles. The standard InChI is InChI=1S/C13H27NO3S/c1-11(7-9-14)5-6-12(15)8-10-18(16,17)13(2,3)4/h11H,5-10,14H2,1-4H3. The summed E-state index contributed by atoms with van der Waals surface area (Å²) in [6.07, 6.45) is 2.30. The Bertz CT molecular complexity index is 355. The van der Waals surface area contributed by atoms with Crippen LogP contribution in [0.15, 0.2) is 0 Å². The van der Waals surface area contributed by atoms with Gasteiger partial charge in [-0.25, -0.2) is 8.42 Å². The van der Waals surface area contributed by atoms with E-state index in [2.05, 4.69) is 6.92 Å². The number of sulfone groups is 1. The molecule has 4 nitrogen and oxygen atoms in total. The van der Waals surface area contributed by atoms with Crippen molar-refractivity contribution in [2.75, 3.05) is 12.3 Å². The molecule has 0 aromatic rings. The first kappa shape index (κ1) is 17.6. The molecule has 1 atom stereocenters. The van der Waals surface area contributed by atoms with Crippen molar-refractivity contribution in [3.05, 3.63) is 0 Å². The largest absolute Gasteiger partial charge is 0.330 e. The second-order valence-electron chi connectivity index (χ2n) is 5.94. The van der Waals surface area contributed by atoms with Crippen LogP contribution in [-0.2, 0) is 14.6 Å². The van der Waals surface area contributed by atoms with Crippen molar-refractivity contribution in [3.63, 3.8) is 0 Å². The van der Waals surface area contributed by atoms with Gasteiger partial charge in [-0.15, -0.1) is 0 Å². The molecule has 5 heteroatoms. The molecular weight excluding hydrogens is 250 g/mol. The van der Waals surface area contributed by atoms with Crippen LogP contribution in [0.5, 0.6) is 0 Å². The number of ketones is 1. The molecule has 0 rings (SSSR count). The highest BCUT2D eigenvalue weighted by Crippen LogP contribution is 2.17. The molecule has 0 fully saturated rings. The summed E-state index contributed by atoms with van der Waals surface area (Å²) in [7, 11) is -3.18. The first-order chi connectivity index (χ1) is 8.10. The predicted molar refractivity (Wildman–Crippen MR) is 75.2 cm³/mol. The summed E-state index contributed by atoms with van der Waals surface area (Å²) in [5, 5.41) is 0. The molecule has 0 heterocycles. The summed E-state index contributed by atoms with van der Waals surface area (Å²) < 4.78 is 22.9. The van der Waals surface area contributed by atoms with Crippen LogP contribution < -0.4 is 5.73 Å². The lowest BCUT2D eigenvalue weighted by molar-refractivity contribution is -0.119. The van der Waals surface area contributed by atoms with Crippen molar-refractivity contribution in [3.8, 4) is 0 Å². The maximum Gasteiger partial charge on any atom is 0.155 e. The fraction of sp³-hybridized carbons (Fsp3) is 0.923. The monoisotopic (exact) mass is 277 g/mol. The first-order valence-corrected chi connectivity index (χ1v) is 8.19. The Labute approximate surface area is 111 Å². The van der Waals surface area contributed by atoms with Crippen LogP contribution in [0, 0.1) is 5.92 Å². The van der Waals surface area contributed by atoms with Gasteiger partial charge in [0.05, 0.1) is 10.5 Å². The average molecular weight is 277 g/mol. The van der Waals surface area contributed by atoms with E-state index in [0.29, 0.717) is 18.9 Å². The Balaban J connectivity index is 4.06. The molecule has 0 aromatic carbocycles. The molecule has 18 heavy (non-hydrogen) atoms. The lowest BCUT2D eigenvalue weighted by Crippen LogP contribution is -2.31. The topological polar surface area (TPSA) is 77.2 Å². The number of carbonyl (C=O) groups excluding carboxylic acids is 1. The third kappa shape index (κ3) is 6.50. The number of Topliss-reactive ketones (excluding diaryl/α,β-unsaturated/α-hetero) is 1. The minimum atomic E-state index is -3.18. The van der Waals surface area contributed by atoms with E-state index in [-0.39, 0.29) is 18.0 Å². The third-order valence-electron chi connectivity index (χ3n) is 3.16. The van der Waals surface area contributed by atoms with Crippen molar-refractivity contribution < 1.29 is 13.2 Å². The number of hydrogen-bond donors (Lipinski definition) is 1. The SMILES string of the molecule is CC(CCN)CCC(=O)CCS(=O)(=O)C(C)(C)C. The van der Waals surface area contributed by atoms with Crippen LogP contribution in [-0.4, -0.2) is 31.2 Å². The van der Waals surface area contributed by atoms with Gasteiger partial charge >= 0.3 is 0 Å². The van der Waals surface area contributed by atoms with Gasteiger partial charge in [0.1, 0.15) is 5.78 Å². The van der Waals surface area contributed by atoms with Gasteiger partial charge in [-0.1, -0.05) is 6.92 Å². The van der Waals surface area contributed by atoms with E-state index in [1.807, 2.05) is 0 Å². The minimum Gasteiger partial charge on any atom is -0.330 e. The molecule has 0 saturated heterocycles. The summed E-state index contributed by atoms with van der Waals surface area (Å²) in [4.78, 5) is 11.6. The molecular formula is C13H27NO3S. The van der Waals surface area contributed by atoms with Gasteiger partial charge in [-0.05, 0) is 46.1 Å². The highest BCUT2D eigenvalue weighted by atomic mass is 32.2. The van der Waals surface area contributed by atoms with E-state index in [4.69, 9.17) is 5.73 Å². The Morgan fingerprint density at radius 2 is 1.72 bits per heavy atom. The molecule has 0 radical (unpaired) electrons. The fourth-order valence-corrected chi connectivity index (χ4v) is 2.62. The minimum absolute atomic E-state index is 0.0340. The van der Waals surface area contributed by atoms with E-state index >= 15 is 0 Å². The molecule has 0 aliphatic carbocycles. The van der Waals surface area contributed by atoms with Gasteiger partial charge < -0.3 is 5.73 Å². The molecule has 0 aliphatic heterocycles. The number of rotatable bonds is 8. The first-order valence-electron chi connectivity index (χ1n) is 6.54. The number of carbonyl (C=O) groups is 1. The van der Waals surface area contributed by atoms with Gasteiger partial charge in [0, 0.05) is 12.8 Å². The zero-order chi connectivity index (χ0) is 14.4. The zero-order valence-electron chi connectivity index (χ0n) is 12.0. The normalized spacial score (nSPS) is 14.5. The van der Waals surface area contributed by atoms with Crippen LogP contribution in [0.3, 0.4) is 0 Å². The fourth-order valence-electron chi connectivity index (χ4n) is 1.52. The van der Waals surface area contributed by atoms with E-state index in [9.17, 15) is 13.2 Å². The molecule has 108 valence electrons. The molecule has 2 N–H and O–H groups in total. The maximum atomic E-state index is 11.8. The molecule has 0 amide bonds. The maximum absolute atomic E-state index is 11.8. The van der Waals surface area contributed by atoms with Gasteiger partial charge in [0.25, 0.3) is 0 Å². The average Bonchev–Trinajstić information content (AvgIpc) is 2.22. The molecule has 0 aliphatic rings. The summed E-state index contributed by atoms with van der Waals surface area (Å²) >= 11 is 0. The summed E-state index contributed by atoms with van der Waals surface area (Å²) in [5.41, 5.74) is 5.44. The summed E-state index contributed by atoms with van der Waals surface area (Å²) in [6, 6.07) is 0. The van der Waals surface area contributed by atoms with Crippen molar-refractivity contribution >= 4 is 15.6 Å². The Hall–Kier alpha value is -0.420. The summed E-state index contributed by atoms with van der Waals surface area (Å²) in [5.74, 6) is 0.422. The van der Waals surface area contributed by atoms with Crippen molar-refractivity contribution in [2.24, 2.45) is 11.7 Å². The zero-order valence-corrected chi connectivity index (χ0v) is 12.8. The summed E-state index contributed by atoms with van der Waals surface area (Å²) in [6.45, 7) is 7.68. The Morgan fingerprint density at radius 3 is 2.17 bits per heavy atom. The highest BCUT2D eigenvalue weighted by Gasteiger charge is 2.28. The quantitative estimate of drug-likeness (QED) is 0.735. The Morgan fingerprint density at radius 1 is 1.17 bits per heavy atom. The van der Waals surface area contributed by atoms with Crippen LogP contribution in [0.1, 0.15) is 53.4 Å². The van der Waals surface area contributed by atoms with Crippen LogP contribution in [0.2, 0.25) is 0 Å². The van der Waals surface area contributed by atoms with E-state index in [0.717, 1.165) is 12.8 Å². The van der Waals surface area contributed by atoms with Crippen LogP contribution in [0.25, 0.3) is 0 Å². The van der Waals surface area contributed by atoms with Gasteiger partial charge in [-0.3, -0.25) is 4.79 Å². The predicted octanol–water partition coefficient (Wildman–Crippen LogP) is 1.92. The van der Waals surface area contributed by atoms with Gasteiger partial charge in [-0.2, -0.15) is 0 Å². The van der Waals surface area contributed by atoms with E-state index < -0.39 is 14.6 Å². The smallest absolute Gasteiger partial charge is 0.155 e. The highest BCUT2D eigenvalue weighted by molar-refractivity contribution is 7.92. The molecule has 1 unspecified atom stereocenters.